The Kier molecular flexibility index (Phi) is 10.4. The van der Waals surface area contributed by atoms with Crippen molar-refractivity contribution in [2.24, 2.45) is 4.99 Å². The summed E-state index contributed by atoms with van der Waals surface area (Å²) < 4.78 is 5.23. The van der Waals surface area contributed by atoms with Crippen LogP contribution in [0.5, 0.6) is 0 Å². The minimum Gasteiger partial charge on any atom is -0.459 e. The molecule has 0 spiro atoms. The van der Waals surface area contributed by atoms with Gasteiger partial charge in [0.15, 0.2) is 5.96 Å². The molecule has 0 amide bonds. The third-order valence-electron chi connectivity index (χ3n) is 2.63. The fourth-order valence-corrected chi connectivity index (χ4v) is 2.53. The largest absolute Gasteiger partial charge is 0.459 e. The maximum atomic E-state index is 11.6. The van der Waals surface area contributed by atoms with Crippen LogP contribution in [0.2, 0.25) is 0 Å². The van der Waals surface area contributed by atoms with Gasteiger partial charge in [-0.1, -0.05) is 6.92 Å². The normalized spacial score (nSPS) is 11.6. The van der Waals surface area contributed by atoms with Crippen LogP contribution >= 0.6 is 35.3 Å². The zero-order chi connectivity index (χ0) is 16.6. The van der Waals surface area contributed by atoms with Gasteiger partial charge in [0.2, 0.25) is 0 Å². The Hall–Kier alpha value is -0.900. The molecule has 1 aromatic heterocycles. The van der Waals surface area contributed by atoms with E-state index < -0.39 is 5.60 Å². The second-order valence-corrected chi connectivity index (χ2v) is 6.96. The number of halogens is 1. The maximum Gasteiger partial charge on any atom is 0.325 e. The molecule has 1 aromatic rings. The van der Waals surface area contributed by atoms with Crippen LogP contribution in [-0.4, -0.2) is 42.7 Å². The molecule has 0 saturated heterocycles. The quantitative estimate of drug-likeness (QED) is 0.299. The molecular formula is C15H27IN4O2S. The van der Waals surface area contributed by atoms with E-state index in [1.165, 1.54) is 4.88 Å². The Morgan fingerprint density at radius 2 is 2.09 bits per heavy atom. The zero-order valence-electron chi connectivity index (χ0n) is 14.4. The van der Waals surface area contributed by atoms with E-state index in [-0.39, 0.29) is 36.5 Å². The van der Waals surface area contributed by atoms with Crippen molar-refractivity contribution in [2.45, 2.75) is 46.1 Å². The molecule has 0 fully saturated rings. The highest BCUT2D eigenvalue weighted by atomic mass is 127. The Morgan fingerprint density at radius 3 is 2.61 bits per heavy atom. The molecule has 132 valence electrons. The van der Waals surface area contributed by atoms with Crippen molar-refractivity contribution >= 4 is 47.2 Å². The van der Waals surface area contributed by atoms with E-state index in [1.807, 2.05) is 27.0 Å². The van der Waals surface area contributed by atoms with Crippen molar-refractivity contribution in [3.05, 3.63) is 16.1 Å². The number of aliphatic imine (C=N–C) groups is 1. The number of nitrogens with one attached hydrogen (secondary N) is 2. The van der Waals surface area contributed by atoms with Crippen molar-refractivity contribution in [1.82, 2.24) is 15.6 Å². The summed E-state index contributed by atoms with van der Waals surface area (Å²) >= 11 is 1.73. The Bertz CT molecular complexity index is 512. The first-order valence-electron chi connectivity index (χ1n) is 7.44. The minimum atomic E-state index is -0.475. The monoisotopic (exact) mass is 454 g/mol. The number of rotatable bonds is 6. The van der Waals surface area contributed by atoms with Crippen LogP contribution in [0.25, 0.3) is 0 Å². The van der Waals surface area contributed by atoms with Gasteiger partial charge in [0.1, 0.15) is 12.1 Å². The molecule has 0 aliphatic rings. The van der Waals surface area contributed by atoms with E-state index in [4.69, 9.17) is 4.74 Å². The molecule has 2 N–H and O–H groups in total. The number of guanidine groups is 1. The van der Waals surface area contributed by atoms with E-state index in [1.54, 1.807) is 18.4 Å². The van der Waals surface area contributed by atoms with Crippen LogP contribution in [0.4, 0.5) is 0 Å². The van der Waals surface area contributed by atoms with E-state index in [2.05, 4.69) is 27.5 Å². The molecule has 0 bridgehead atoms. The summed E-state index contributed by atoms with van der Waals surface area (Å²) in [5.41, 5.74) is -0.475. The lowest BCUT2D eigenvalue weighted by molar-refractivity contribution is -0.153. The lowest BCUT2D eigenvalue weighted by atomic mass is 10.2. The van der Waals surface area contributed by atoms with Crippen molar-refractivity contribution in [2.75, 3.05) is 20.1 Å². The summed E-state index contributed by atoms with van der Waals surface area (Å²) in [5, 5.41) is 7.21. The molecule has 0 atom stereocenters. The lowest BCUT2D eigenvalue weighted by Crippen LogP contribution is -2.42. The zero-order valence-corrected chi connectivity index (χ0v) is 17.6. The fourth-order valence-electron chi connectivity index (χ4n) is 1.67. The number of hydrogen-bond acceptors (Lipinski definition) is 5. The minimum absolute atomic E-state index is 0. The van der Waals surface area contributed by atoms with Gasteiger partial charge >= 0.3 is 5.97 Å². The summed E-state index contributed by atoms with van der Waals surface area (Å²) in [4.78, 5) is 21.4. The first-order chi connectivity index (χ1) is 10.3. The smallest absolute Gasteiger partial charge is 0.325 e. The van der Waals surface area contributed by atoms with Crippen molar-refractivity contribution < 1.29 is 9.53 Å². The second kappa shape index (κ2) is 10.8. The van der Waals surface area contributed by atoms with Gasteiger partial charge in [-0.05, 0) is 27.2 Å². The van der Waals surface area contributed by atoms with Crippen molar-refractivity contribution in [3.63, 3.8) is 0 Å². The highest BCUT2D eigenvalue weighted by molar-refractivity contribution is 14.0. The summed E-state index contributed by atoms with van der Waals surface area (Å²) in [5.74, 6) is 0.279. The van der Waals surface area contributed by atoms with Crippen LogP contribution in [0, 0.1) is 0 Å². The SMILES string of the molecule is CCc1cnc(CCNC(=NC)NCC(=O)OC(C)(C)C)s1.I. The number of aryl methyl sites for hydroxylation is 1. The predicted octanol–water partition coefficient (Wildman–Crippen LogP) is 2.37. The molecule has 0 saturated carbocycles. The Balaban J connectivity index is 0.00000484. The van der Waals surface area contributed by atoms with Gasteiger partial charge in [0.25, 0.3) is 0 Å². The van der Waals surface area contributed by atoms with Crippen LogP contribution < -0.4 is 10.6 Å². The topological polar surface area (TPSA) is 75.6 Å². The summed E-state index contributed by atoms with van der Waals surface area (Å²) in [7, 11) is 1.67. The van der Waals surface area contributed by atoms with Crippen LogP contribution in [0.15, 0.2) is 11.2 Å². The second-order valence-electron chi connectivity index (χ2n) is 5.76. The summed E-state index contributed by atoms with van der Waals surface area (Å²) in [6, 6.07) is 0. The summed E-state index contributed by atoms with van der Waals surface area (Å²) in [6.07, 6.45) is 3.78. The Labute approximate surface area is 159 Å². The molecule has 23 heavy (non-hydrogen) atoms. The van der Waals surface area contributed by atoms with Gasteiger partial charge in [0.05, 0.1) is 5.01 Å². The number of thiazole rings is 1. The molecule has 8 heteroatoms. The average Bonchev–Trinajstić information content (AvgIpc) is 2.88. The number of ether oxygens (including phenoxy) is 1. The van der Waals surface area contributed by atoms with E-state index in [0.29, 0.717) is 12.5 Å². The predicted molar refractivity (Wildman–Crippen MR) is 106 cm³/mol. The van der Waals surface area contributed by atoms with E-state index in [0.717, 1.165) is 17.8 Å². The van der Waals surface area contributed by atoms with Crippen molar-refractivity contribution in [1.29, 1.82) is 0 Å². The van der Waals surface area contributed by atoms with E-state index >= 15 is 0 Å². The maximum absolute atomic E-state index is 11.6. The van der Waals surface area contributed by atoms with Crippen LogP contribution in [0.3, 0.4) is 0 Å². The molecule has 0 radical (unpaired) electrons. The number of hydrogen-bond donors (Lipinski definition) is 2. The van der Waals surface area contributed by atoms with Gasteiger partial charge < -0.3 is 15.4 Å². The molecule has 6 nitrogen and oxygen atoms in total. The van der Waals surface area contributed by atoms with Gasteiger partial charge in [-0.3, -0.25) is 9.79 Å². The first kappa shape index (κ1) is 22.1. The number of carbonyl (C=O) groups is 1. The summed E-state index contributed by atoms with van der Waals surface area (Å²) in [6.45, 7) is 8.46. The molecule has 0 aromatic carbocycles. The third-order valence-corrected chi connectivity index (χ3v) is 3.83. The molecule has 1 heterocycles. The average molecular weight is 454 g/mol. The van der Waals surface area contributed by atoms with Crippen LogP contribution in [0.1, 0.15) is 37.6 Å². The fraction of sp³-hybridized carbons (Fsp3) is 0.667. The third kappa shape index (κ3) is 9.75. The molecule has 0 aliphatic heterocycles. The molecule has 0 aliphatic carbocycles. The standard InChI is InChI=1S/C15H26N4O2S.HI/c1-6-11-9-18-12(22-11)7-8-17-14(16-5)19-10-13(20)21-15(2,3)4;/h9H,6-8,10H2,1-5H3,(H2,16,17,19);1H. The highest BCUT2D eigenvalue weighted by Gasteiger charge is 2.16. The van der Waals surface area contributed by atoms with Gasteiger partial charge in [0, 0.05) is 31.1 Å². The molecule has 1 rings (SSSR count). The number of esters is 1. The Morgan fingerprint density at radius 1 is 1.39 bits per heavy atom. The molecular weight excluding hydrogens is 427 g/mol. The lowest BCUT2D eigenvalue weighted by Gasteiger charge is -2.20. The first-order valence-corrected chi connectivity index (χ1v) is 8.25. The van der Waals surface area contributed by atoms with Crippen LogP contribution in [-0.2, 0) is 22.4 Å². The molecule has 0 unspecified atom stereocenters. The van der Waals surface area contributed by atoms with Gasteiger partial charge in [-0.15, -0.1) is 35.3 Å². The highest BCUT2D eigenvalue weighted by Crippen LogP contribution is 2.13. The number of nitrogens with zero attached hydrogens (tertiary/aromatic N) is 2. The van der Waals surface area contributed by atoms with Gasteiger partial charge in [-0.25, -0.2) is 4.98 Å². The number of carbonyl (C=O) groups excluding carboxylic acids is 1. The van der Waals surface area contributed by atoms with E-state index in [9.17, 15) is 4.79 Å². The number of aromatic nitrogens is 1. The van der Waals surface area contributed by atoms with Gasteiger partial charge in [-0.2, -0.15) is 0 Å². The van der Waals surface area contributed by atoms with Crippen molar-refractivity contribution in [3.8, 4) is 0 Å².